The van der Waals surface area contributed by atoms with Gasteiger partial charge in [-0.15, -0.1) is 0 Å². The van der Waals surface area contributed by atoms with Crippen LogP contribution < -0.4 is 0 Å². The Balaban J connectivity index is 1.34. The van der Waals surface area contributed by atoms with Gasteiger partial charge in [0.05, 0.1) is 34.2 Å². The first kappa shape index (κ1) is 27.2. The molecule has 7 nitrogen and oxygen atoms in total. The molecule has 9 rings (SSSR count). The third-order valence-electron chi connectivity index (χ3n) is 8.71. The maximum absolute atomic E-state index is 10.7. The molecule has 0 spiro atoms. The van der Waals surface area contributed by atoms with Crippen LogP contribution in [0.3, 0.4) is 0 Å². The lowest BCUT2D eigenvalue weighted by Gasteiger charge is -2.14. The molecule has 0 aliphatic rings. The van der Waals surface area contributed by atoms with Crippen molar-refractivity contribution in [1.82, 2.24) is 19.5 Å². The smallest absolute Gasteiger partial charge is 0.200 e. The van der Waals surface area contributed by atoms with E-state index in [-0.39, 0.29) is 0 Å². The summed E-state index contributed by atoms with van der Waals surface area (Å²) < 4.78 is 8.36. The molecule has 48 heavy (non-hydrogen) atoms. The van der Waals surface area contributed by atoms with Gasteiger partial charge in [0, 0.05) is 32.8 Å². The fourth-order valence-electron chi connectivity index (χ4n) is 6.57. The number of benzene rings is 6. The minimum atomic E-state index is 0.321. The largest absolute Gasteiger partial charge is 0.456 e. The summed E-state index contributed by atoms with van der Waals surface area (Å²) in [5, 5.41) is 14.7. The van der Waals surface area contributed by atoms with E-state index in [1.54, 1.807) is 12.1 Å². The van der Waals surface area contributed by atoms with E-state index in [1.165, 1.54) is 0 Å². The van der Waals surface area contributed by atoms with E-state index in [2.05, 4.69) is 33.7 Å². The summed E-state index contributed by atoms with van der Waals surface area (Å²) in [6.45, 7) is 8.31. The van der Waals surface area contributed by atoms with Crippen LogP contribution in [-0.2, 0) is 0 Å². The second kappa shape index (κ2) is 10.8. The number of nitriles is 1. The predicted octanol–water partition coefficient (Wildman–Crippen LogP) is 10.3. The molecule has 6 aromatic carbocycles. The summed E-state index contributed by atoms with van der Waals surface area (Å²) in [6.07, 6.45) is 0. The minimum absolute atomic E-state index is 0.321. The number of hydrogen-bond donors (Lipinski definition) is 0. The van der Waals surface area contributed by atoms with E-state index in [0.717, 1.165) is 54.9 Å². The van der Waals surface area contributed by atoms with Crippen LogP contribution in [0.2, 0.25) is 0 Å². The van der Waals surface area contributed by atoms with Gasteiger partial charge >= 0.3 is 0 Å². The zero-order chi connectivity index (χ0) is 32.2. The van der Waals surface area contributed by atoms with E-state index in [4.69, 9.17) is 25.9 Å². The van der Waals surface area contributed by atoms with Crippen molar-refractivity contribution >= 4 is 49.4 Å². The highest BCUT2D eigenvalue weighted by atomic mass is 16.3. The Morgan fingerprint density at radius 2 is 1.25 bits per heavy atom. The van der Waals surface area contributed by atoms with Gasteiger partial charge in [0.2, 0.25) is 0 Å². The van der Waals surface area contributed by atoms with Crippen LogP contribution in [-0.4, -0.2) is 19.5 Å². The summed E-state index contributed by atoms with van der Waals surface area (Å²) in [7, 11) is 0. The number of fused-ring (bicyclic) bond motifs is 7. The number of furan rings is 1. The normalized spacial score (nSPS) is 11.3. The van der Waals surface area contributed by atoms with Gasteiger partial charge in [-0.05, 0) is 36.4 Å². The summed E-state index contributed by atoms with van der Waals surface area (Å²) in [5.41, 5.74) is 6.77. The summed E-state index contributed by atoms with van der Waals surface area (Å²) >= 11 is 0. The third kappa shape index (κ3) is 4.16. The van der Waals surface area contributed by atoms with Crippen molar-refractivity contribution in [3.8, 4) is 45.9 Å². The molecule has 9 aromatic rings. The molecule has 0 aliphatic heterocycles. The summed E-state index contributed by atoms with van der Waals surface area (Å²) in [4.78, 5) is 18.5. The molecule has 0 saturated heterocycles. The first-order chi connectivity index (χ1) is 23.7. The second-order valence-corrected chi connectivity index (χ2v) is 11.4. The quantitative estimate of drug-likeness (QED) is 0.184. The van der Waals surface area contributed by atoms with Crippen molar-refractivity contribution in [2.75, 3.05) is 0 Å². The van der Waals surface area contributed by atoms with Gasteiger partial charge in [0.1, 0.15) is 17.2 Å². The SMILES string of the molecule is [C-]#[N+]c1cc(-n2c3ccccc3c3ccc4oc5ccccc5c4c32)c(C#N)cc1-c1nc(-c2ccccc2)nc(-c2ccccc2)n1. The Morgan fingerprint density at radius 1 is 0.625 bits per heavy atom. The fourth-order valence-corrected chi connectivity index (χ4v) is 6.57. The lowest BCUT2D eigenvalue weighted by molar-refractivity contribution is 0.669. The van der Waals surface area contributed by atoms with Gasteiger partial charge in [-0.2, -0.15) is 5.26 Å². The predicted molar refractivity (Wildman–Crippen MR) is 189 cm³/mol. The molecule has 0 radical (unpaired) electrons. The molecule has 7 heteroatoms. The Morgan fingerprint density at radius 3 is 1.94 bits per heavy atom. The zero-order valence-electron chi connectivity index (χ0n) is 25.3. The Hall–Kier alpha value is -7.09. The maximum Gasteiger partial charge on any atom is 0.200 e. The number of rotatable bonds is 4. The van der Waals surface area contributed by atoms with Crippen LogP contribution in [0.4, 0.5) is 5.69 Å². The van der Waals surface area contributed by atoms with Gasteiger partial charge in [-0.25, -0.2) is 19.8 Å². The molecule has 3 aromatic heterocycles. The van der Waals surface area contributed by atoms with E-state index in [9.17, 15) is 5.26 Å². The third-order valence-corrected chi connectivity index (χ3v) is 8.71. The van der Waals surface area contributed by atoms with Crippen LogP contribution in [0, 0.1) is 17.9 Å². The molecule has 3 heterocycles. The van der Waals surface area contributed by atoms with Crippen molar-refractivity contribution in [1.29, 1.82) is 5.26 Å². The standard InChI is InChI=1S/C41H22N6O/c1-43-32-23-34(47-33-18-10-8-16-28(33)29-20-21-36-37(38(29)47)30-17-9-11-19-35(30)48-36)27(24-42)22-31(32)41-45-39(25-12-4-2-5-13-25)44-40(46-41)26-14-6-3-7-15-26/h2-23H. The lowest BCUT2D eigenvalue weighted by atomic mass is 10.0. The molecular formula is C41H22N6O. The first-order valence-corrected chi connectivity index (χ1v) is 15.4. The van der Waals surface area contributed by atoms with Crippen LogP contribution in [0.5, 0.6) is 0 Å². The van der Waals surface area contributed by atoms with Crippen molar-refractivity contribution in [3.05, 3.63) is 150 Å². The van der Waals surface area contributed by atoms with Gasteiger partial charge in [-0.1, -0.05) is 97.1 Å². The molecule has 0 fully saturated rings. The first-order valence-electron chi connectivity index (χ1n) is 15.4. The highest BCUT2D eigenvalue weighted by molar-refractivity contribution is 6.24. The number of para-hydroxylation sites is 2. The molecule has 222 valence electrons. The highest BCUT2D eigenvalue weighted by Gasteiger charge is 2.23. The van der Waals surface area contributed by atoms with E-state index in [1.807, 2.05) is 103 Å². The minimum Gasteiger partial charge on any atom is -0.456 e. The Kier molecular flexibility index (Phi) is 6.11. The average molecular weight is 615 g/mol. The van der Waals surface area contributed by atoms with Crippen molar-refractivity contribution < 1.29 is 4.42 Å². The van der Waals surface area contributed by atoms with Gasteiger partial charge in [0.25, 0.3) is 0 Å². The zero-order valence-corrected chi connectivity index (χ0v) is 25.3. The number of aromatic nitrogens is 4. The fraction of sp³-hybridized carbons (Fsp3) is 0. The maximum atomic E-state index is 10.7. The molecule has 0 aliphatic carbocycles. The van der Waals surface area contributed by atoms with E-state index < -0.39 is 0 Å². The van der Waals surface area contributed by atoms with E-state index in [0.29, 0.717) is 40.0 Å². The molecule has 0 saturated carbocycles. The van der Waals surface area contributed by atoms with Crippen molar-refractivity contribution in [3.63, 3.8) is 0 Å². The molecule has 0 N–H and O–H groups in total. The topological polar surface area (TPSA) is 84.9 Å². The summed E-state index contributed by atoms with van der Waals surface area (Å²) in [6, 6.07) is 45.5. The highest BCUT2D eigenvalue weighted by Crippen LogP contribution is 2.43. The number of hydrogen-bond acceptors (Lipinski definition) is 5. The van der Waals surface area contributed by atoms with Gasteiger partial charge in [-0.3, -0.25) is 0 Å². The van der Waals surface area contributed by atoms with Crippen LogP contribution in [0.1, 0.15) is 5.56 Å². The monoisotopic (exact) mass is 614 g/mol. The van der Waals surface area contributed by atoms with Crippen LogP contribution >= 0.6 is 0 Å². The average Bonchev–Trinajstić information content (AvgIpc) is 3.70. The number of nitrogens with zero attached hydrogens (tertiary/aromatic N) is 6. The Labute approximate surface area is 274 Å². The van der Waals surface area contributed by atoms with Crippen LogP contribution in [0.25, 0.3) is 88.4 Å². The lowest BCUT2D eigenvalue weighted by Crippen LogP contribution is -2.02. The van der Waals surface area contributed by atoms with Gasteiger partial charge < -0.3 is 8.98 Å². The molecule has 0 atom stereocenters. The van der Waals surface area contributed by atoms with Crippen LogP contribution in [0.15, 0.2) is 138 Å². The molecular weight excluding hydrogens is 592 g/mol. The van der Waals surface area contributed by atoms with Crippen molar-refractivity contribution in [2.45, 2.75) is 0 Å². The Bertz CT molecular complexity index is 2740. The van der Waals surface area contributed by atoms with Gasteiger partial charge in [0.15, 0.2) is 23.2 Å². The molecule has 0 bridgehead atoms. The second-order valence-electron chi connectivity index (χ2n) is 11.4. The van der Waals surface area contributed by atoms with Crippen molar-refractivity contribution in [2.24, 2.45) is 0 Å². The molecule has 0 unspecified atom stereocenters. The van der Waals surface area contributed by atoms with E-state index >= 15 is 0 Å². The molecule has 0 amide bonds. The summed E-state index contributed by atoms with van der Waals surface area (Å²) in [5.74, 6) is 1.28.